The summed E-state index contributed by atoms with van der Waals surface area (Å²) >= 11 is 1.25. The Hall–Kier alpha value is -0.890. The third kappa shape index (κ3) is 1.35. The van der Waals surface area contributed by atoms with Crippen LogP contribution in [-0.2, 0) is 6.42 Å². The minimum Gasteiger partial charge on any atom is -0.195 e. The molecule has 0 unspecified atom stereocenters. The lowest BCUT2D eigenvalue weighted by atomic mass is 10.1. The summed E-state index contributed by atoms with van der Waals surface area (Å²) in [5.41, 5.74) is 2.06. The predicted molar refractivity (Wildman–Crippen MR) is 55.9 cm³/mol. The Morgan fingerprint density at radius 3 is 2.85 bits per heavy atom. The van der Waals surface area contributed by atoms with Gasteiger partial charge < -0.3 is 0 Å². The van der Waals surface area contributed by atoms with Gasteiger partial charge in [-0.05, 0) is 24.8 Å². The fourth-order valence-corrected chi connectivity index (χ4v) is 2.56. The van der Waals surface area contributed by atoms with Crippen molar-refractivity contribution in [3.63, 3.8) is 0 Å². The fraction of sp³-hybridized carbons (Fsp3) is 0.273. The Kier molecular flexibility index (Phi) is 2.08. The molecule has 0 saturated heterocycles. The molecule has 13 heavy (non-hydrogen) atoms. The molecule has 0 fully saturated rings. The summed E-state index contributed by atoms with van der Waals surface area (Å²) in [6.45, 7) is 4.03. The lowest BCUT2D eigenvalue weighted by molar-refractivity contribution is 0.644. The van der Waals surface area contributed by atoms with Crippen LogP contribution in [0.2, 0.25) is 0 Å². The van der Waals surface area contributed by atoms with Crippen molar-refractivity contribution in [2.24, 2.45) is 0 Å². The number of halogens is 1. The van der Waals surface area contributed by atoms with Gasteiger partial charge in [0.1, 0.15) is 0 Å². The first kappa shape index (κ1) is 8.70. The molecule has 0 bridgehead atoms. The number of rotatable bonds is 1. The van der Waals surface area contributed by atoms with E-state index in [0.717, 1.165) is 22.1 Å². The standard InChI is InChI=1S/C11H11FS/c1-3-8-9-6-7(2)4-5-10(9)13-11(8)12/h4-6H,3H2,1-2H3. The Balaban J connectivity index is 2.80. The highest BCUT2D eigenvalue weighted by Crippen LogP contribution is 2.30. The lowest BCUT2D eigenvalue weighted by Gasteiger charge is -1.95. The Morgan fingerprint density at radius 1 is 1.38 bits per heavy atom. The van der Waals surface area contributed by atoms with Crippen LogP contribution in [0.4, 0.5) is 4.39 Å². The molecule has 2 aromatic rings. The van der Waals surface area contributed by atoms with E-state index < -0.39 is 0 Å². The van der Waals surface area contributed by atoms with Gasteiger partial charge in [0.15, 0.2) is 5.13 Å². The third-order valence-electron chi connectivity index (χ3n) is 2.25. The maximum atomic E-state index is 13.4. The van der Waals surface area contributed by atoms with Gasteiger partial charge in [0.25, 0.3) is 0 Å². The zero-order valence-electron chi connectivity index (χ0n) is 7.73. The summed E-state index contributed by atoms with van der Waals surface area (Å²) in [5, 5.41) is 1.06. The van der Waals surface area contributed by atoms with Crippen LogP contribution in [-0.4, -0.2) is 0 Å². The van der Waals surface area contributed by atoms with Crippen LogP contribution in [0.5, 0.6) is 0 Å². The first-order valence-electron chi connectivity index (χ1n) is 4.40. The number of aryl methyl sites for hydroxylation is 2. The maximum Gasteiger partial charge on any atom is 0.180 e. The van der Waals surface area contributed by atoms with Gasteiger partial charge in [0.2, 0.25) is 0 Å². The van der Waals surface area contributed by atoms with Crippen LogP contribution < -0.4 is 0 Å². The van der Waals surface area contributed by atoms with Crippen molar-refractivity contribution in [2.75, 3.05) is 0 Å². The maximum absolute atomic E-state index is 13.4. The molecule has 0 atom stereocenters. The quantitative estimate of drug-likeness (QED) is 0.645. The number of hydrogen-bond donors (Lipinski definition) is 0. The van der Waals surface area contributed by atoms with Crippen molar-refractivity contribution in [3.05, 3.63) is 34.5 Å². The first-order valence-corrected chi connectivity index (χ1v) is 5.21. The summed E-state index contributed by atoms with van der Waals surface area (Å²) in [7, 11) is 0. The molecular formula is C11H11FS. The zero-order valence-corrected chi connectivity index (χ0v) is 8.54. The lowest BCUT2D eigenvalue weighted by Crippen LogP contribution is -1.80. The van der Waals surface area contributed by atoms with E-state index in [2.05, 4.69) is 6.07 Å². The highest BCUT2D eigenvalue weighted by atomic mass is 32.1. The van der Waals surface area contributed by atoms with Crippen LogP contribution in [0.25, 0.3) is 10.1 Å². The Labute approximate surface area is 81.0 Å². The van der Waals surface area contributed by atoms with Crippen molar-refractivity contribution in [1.29, 1.82) is 0 Å². The van der Waals surface area contributed by atoms with Crippen LogP contribution in [0.15, 0.2) is 18.2 Å². The van der Waals surface area contributed by atoms with Gasteiger partial charge in [0.05, 0.1) is 0 Å². The van der Waals surface area contributed by atoms with E-state index in [-0.39, 0.29) is 5.13 Å². The summed E-state index contributed by atoms with van der Waals surface area (Å²) in [4.78, 5) is 0. The van der Waals surface area contributed by atoms with Gasteiger partial charge in [-0.15, -0.1) is 11.3 Å². The monoisotopic (exact) mass is 194 g/mol. The van der Waals surface area contributed by atoms with Gasteiger partial charge in [-0.1, -0.05) is 24.6 Å². The van der Waals surface area contributed by atoms with E-state index in [9.17, 15) is 4.39 Å². The van der Waals surface area contributed by atoms with Crippen molar-refractivity contribution in [3.8, 4) is 0 Å². The molecule has 0 N–H and O–H groups in total. The fourth-order valence-electron chi connectivity index (χ4n) is 1.56. The second-order valence-corrected chi connectivity index (χ2v) is 4.21. The second kappa shape index (κ2) is 3.11. The molecule has 0 aliphatic heterocycles. The minimum atomic E-state index is -0.0249. The van der Waals surface area contributed by atoms with E-state index in [1.54, 1.807) is 0 Å². The summed E-state index contributed by atoms with van der Waals surface area (Å²) in [6, 6.07) is 6.09. The van der Waals surface area contributed by atoms with E-state index in [1.807, 2.05) is 26.0 Å². The average molecular weight is 194 g/mol. The molecule has 0 aliphatic rings. The first-order chi connectivity index (χ1) is 6.22. The second-order valence-electron chi connectivity index (χ2n) is 3.21. The molecular weight excluding hydrogens is 183 g/mol. The molecule has 0 aliphatic carbocycles. The highest BCUT2D eigenvalue weighted by molar-refractivity contribution is 7.17. The third-order valence-corrected chi connectivity index (χ3v) is 3.25. The summed E-state index contributed by atoms with van der Waals surface area (Å²) < 4.78 is 14.4. The highest BCUT2D eigenvalue weighted by Gasteiger charge is 2.09. The molecule has 0 spiro atoms. The molecule has 1 heterocycles. The molecule has 68 valence electrons. The number of benzene rings is 1. The van der Waals surface area contributed by atoms with Gasteiger partial charge in [-0.2, -0.15) is 4.39 Å². The van der Waals surface area contributed by atoms with Crippen LogP contribution >= 0.6 is 11.3 Å². The molecule has 1 aromatic carbocycles. The van der Waals surface area contributed by atoms with Crippen molar-refractivity contribution >= 4 is 21.4 Å². The van der Waals surface area contributed by atoms with Gasteiger partial charge in [0, 0.05) is 10.3 Å². The van der Waals surface area contributed by atoms with Crippen LogP contribution in [0.3, 0.4) is 0 Å². The Morgan fingerprint density at radius 2 is 2.15 bits per heavy atom. The van der Waals surface area contributed by atoms with Crippen LogP contribution in [0.1, 0.15) is 18.1 Å². The summed E-state index contributed by atoms with van der Waals surface area (Å²) in [5.74, 6) is 0. The van der Waals surface area contributed by atoms with Gasteiger partial charge in [-0.25, -0.2) is 0 Å². The number of thiophene rings is 1. The molecule has 0 nitrogen and oxygen atoms in total. The van der Waals surface area contributed by atoms with Crippen molar-refractivity contribution < 1.29 is 4.39 Å². The zero-order chi connectivity index (χ0) is 9.42. The number of fused-ring (bicyclic) bond motifs is 1. The molecule has 0 saturated carbocycles. The predicted octanol–water partition coefficient (Wildman–Crippen LogP) is 3.91. The van der Waals surface area contributed by atoms with Gasteiger partial charge >= 0.3 is 0 Å². The SMILES string of the molecule is CCc1c(F)sc2ccc(C)cc12. The van der Waals surface area contributed by atoms with E-state index in [1.165, 1.54) is 16.9 Å². The normalized spacial score (nSPS) is 11.0. The molecule has 1 aromatic heterocycles. The van der Waals surface area contributed by atoms with Gasteiger partial charge in [-0.3, -0.25) is 0 Å². The van der Waals surface area contributed by atoms with E-state index >= 15 is 0 Å². The average Bonchev–Trinajstić information content (AvgIpc) is 2.40. The molecule has 2 rings (SSSR count). The van der Waals surface area contributed by atoms with E-state index in [0.29, 0.717) is 0 Å². The minimum absolute atomic E-state index is 0.0249. The van der Waals surface area contributed by atoms with Crippen molar-refractivity contribution in [2.45, 2.75) is 20.3 Å². The largest absolute Gasteiger partial charge is 0.195 e. The van der Waals surface area contributed by atoms with E-state index in [4.69, 9.17) is 0 Å². The molecule has 0 amide bonds. The topological polar surface area (TPSA) is 0 Å². The van der Waals surface area contributed by atoms with Crippen molar-refractivity contribution in [1.82, 2.24) is 0 Å². The molecule has 2 heteroatoms. The molecule has 0 radical (unpaired) electrons. The Bertz CT molecular complexity index is 443. The summed E-state index contributed by atoms with van der Waals surface area (Å²) in [6.07, 6.45) is 0.773. The smallest absolute Gasteiger partial charge is 0.180 e. The van der Waals surface area contributed by atoms with Crippen LogP contribution in [0, 0.1) is 12.1 Å². The number of hydrogen-bond acceptors (Lipinski definition) is 1.